The number of fused-ring (bicyclic) bond motifs is 1. The molecule has 0 amide bonds. The third-order valence-electron chi connectivity index (χ3n) is 4.79. The molecule has 1 N–H and O–H groups in total. The van der Waals surface area contributed by atoms with Gasteiger partial charge in [-0.15, -0.1) is 11.3 Å². The average Bonchev–Trinajstić information content (AvgIpc) is 3.25. The largest absolute Gasteiger partial charge is 0.465 e. The van der Waals surface area contributed by atoms with E-state index in [1.165, 1.54) is 23.0 Å². The van der Waals surface area contributed by atoms with Gasteiger partial charge in [-0.2, -0.15) is 9.40 Å². The molecule has 1 aliphatic heterocycles. The Morgan fingerprint density at radius 2 is 2.12 bits per heavy atom. The number of aromatic amines is 1. The lowest BCUT2D eigenvalue weighted by molar-refractivity contribution is 0.0602. The smallest absolute Gasteiger partial charge is 0.349 e. The van der Waals surface area contributed by atoms with Crippen molar-refractivity contribution in [2.75, 3.05) is 20.2 Å². The van der Waals surface area contributed by atoms with E-state index in [0.29, 0.717) is 31.8 Å². The Labute approximate surface area is 150 Å². The lowest BCUT2D eigenvalue weighted by atomic mass is 10.1. The van der Waals surface area contributed by atoms with Crippen LogP contribution in [-0.4, -0.2) is 49.1 Å². The highest BCUT2D eigenvalue weighted by atomic mass is 32.2. The van der Waals surface area contributed by atoms with Crippen LogP contribution in [0.25, 0.3) is 0 Å². The zero-order chi connectivity index (χ0) is 17.6. The molecule has 0 radical (unpaired) electrons. The van der Waals surface area contributed by atoms with E-state index in [1.54, 1.807) is 5.38 Å². The van der Waals surface area contributed by atoms with Gasteiger partial charge in [0.1, 0.15) is 9.77 Å². The van der Waals surface area contributed by atoms with Crippen molar-refractivity contribution in [1.29, 1.82) is 0 Å². The van der Waals surface area contributed by atoms with Crippen molar-refractivity contribution in [3.05, 3.63) is 33.3 Å². The molecule has 4 rings (SSSR count). The van der Waals surface area contributed by atoms with Crippen molar-refractivity contribution in [2.24, 2.45) is 0 Å². The summed E-state index contributed by atoms with van der Waals surface area (Å²) in [5.74, 6) is -0.0835. The maximum Gasteiger partial charge on any atom is 0.349 e. The Balaban J connectivity index is 1.60. The molecule has 1 saturated carbocycles. The van der Waals surface area contributed by atoms with Crippen molar-refractivity contribution in [1.82, 2.24) is 14.5 Å². The molecule has 2 aliphatic rings. The Kier molecular flexibility index (Phi) is 4.17. The number of ether oxygens (including phenoxy) is 1. The molecule has 0 atom stereocenters. The molecule has 0 aromatic carbocycles. The third-order valence-corrected chi connectivity index (χ3v) is 7.75. The summed E-state index contributed by atoms with van der Waals surface area (Å²) in [6.45, 7) is 0.767. The van der Waals surface area contributed by atoms with Gasteiger partial charge >= 0.3 is 5.97 Å². The van der Waals surface area contributed by atoms with Crippen LogP contribution in [0.3, 0.4) is 0 Å². The number of sulfonamides is 1. The van der Waals surface area contributed by atoms with Crippen LogP contribution in [0.4, 0.5) is 0 Å². The highest BCUT2D eigenvalue weighted by Gasteiger charge is 2.35. The van der Waals surface area contributed by atoms with E-state index in [2.05, 4.69) is 10.2 Å². The number of carbonyl (C=O) groups is 1. The predicted molar refractivity (Wildman–Crippen MR) is 92.4 cm³/mol. The van der Waals surface area contributed by atoms with Gasteiger partial charge in [0.15, 0.2) is 0 Å². The fourth-order valence-electron chi connectivity index (χ4n) is 3.30. The standard InChI is InChI=1S/C16H19N3O4S2/c1-23-16(20)15-13(6-9-24-15)25(21,22)19-7-4-11-12(5-8-19)17-18-14(11)10-2-3-10/h6,9-10H,2-5,7-8H2,1H3,(H,17,18). The molecule has 1 fully saturated rings. The second-order valence-corrected chi connectivity index (χ2v) is 9.17. The van der Waals surface area contributed by atoms with Gasteiger partial charge in [-0.3, -0.25) is 5.10 Å². The van der Waals surface area contributed by atoms with Crippen molar-refractivity contribution in [2.45, 2.75) is 36.5 Å². The average molecular weight is 381 g/mol. The summed E-state index contributed by atoms with van der Waals surface area (Å²) in [5.41, 5.74) is 3.33. The minimum absolute atomic E-state index is 0.0375. The van der Waals surface area contributed by atoms with Gasteiger partial charge in [-0.25, -0.2) is 13.2 Å². The van der Waals surface area contributed by atoms with E-state index in [1.807, 2.05) is 0 Å². The number of nitrogens with zero attached hydrogens (tertiary/aromatic N) is 2. The van der Waals surface area contributed by atoms with Crippen LogP contribution in [0.1, 0.15) is 45.4 Å². The van der Waals surface area contributed by atoms with E-state index in [9.17, 15) is 13.2 Å². The molecule has 0 unspecified atom stereocenters. The van der Waals surface area contributed by atoms with Crippen molar-refractivity contribution in [3.63, 3.8) is 0 Å². The third kappa shape index (κ3) is 2.90. The van der Waals surface area contributed by atoms with Gasteiger partial charge in [-0.05, 0) is 36.3 Å². The first-order valence-corrected chi connectivity index (χ1v) is 10.6. The number of aromatic nitrogens is 2. The molecule has 2 aromatic rings. The SMILES string of the molecule is COC(=O)c1sccc1S(=O)(=O)N1CCc2[nH]nc(C3CC3)c2CC1. The number of esters is 1. The predicted octanol–water partition coefficient (Wildman–Crippen LogP) is 1.92. The molecule has 1 aliphatic carbocycles. The number of thiophene rings is 1. The normalized spacial score (nSPS) is 18.6. The molecule has 7 nitrogen and oxygen atoms in total. The molecule has 9 heteroatoms. The molecule has 2 aromatic heterocycles. The van der Waals surface area contributed by atoms with Crippen molar-refractivity contribution in [3.8, 4) is 0 Å². The van der Waals surface area contributed by atoms with E-state index in [0.717, 1.165) is 35.6 Å². The summed E-state index contributed by atoms with van der Waals surface area (Å²) in [7, 11) is -2.48. The Bertz CT molecular complexity index is 912. The van der Waals surface area contributed by atoms with Crippen LogP contribution in [0.2, 0.25) is 0 Å². The van der Waals surface area contributed by atoms with Gasteiger partial charge in [0.2, 0.25) is 10.0 Å². The molecule has 0 saturated heterocycles. The number of H-pyrrole nitrogens is 1. The maximum atomic E-state index is 13.0. The van der Waals surface area contributed by atoms with Crippen LogP contribution in [0.15, 0.2) is 16.3 Å². The van der Waals surface area contributed by atoms with E-state index in [4.69, 9.17) is 4.74 Å². The van der Waals surface area contributed by atoms with Crippen LogP contribution >= 0.6 is 11.3 Å². The molecule has 0 bridgehead atoms. The first kappa shape index (κ1) is 16.7. The van der Waals surface area contributed by atoms with Crippen LogP contribution < -0.4 is 0 Å². The summed E-state index contributed by atoms with van der Waals surface area (Å²) in [6, 6.07) is 1.48. The summed E-state index contributed by atoms with van der Waals surface area (Å²) in [5, 5.41) is 9.13. The topological polar surface area (TPSA) is 92.4 Å². The van der Waals surface area contributed by atoms with Gasteiger partial charge < -0.3 is 4.74 Å². The van der Waals surface area contributed by atoms with Crippen molar-refractivity contribution < 1.29 is 17.9 Å². The number of rotatable bonds is 4. The minimum Gasteiger partial charge on any atom is -0.465 e. The molecule has 134 valence electrons. The lowest BCUT2D eigenvalue weighted by Gasteiger charge is -2.19. The van der Waals surface area contributed by atoms with E-state index < -0.39 is 16.0 Å². The summed E-state index contributed by atoms with van der Waals surface area (Å²) < 4.78 is 32.3. The maximum absolute atomic E-state index is 13.0. The Morgan fingerprint density at radius 1 is 1.36 bits per heavy atom. The number of hydrogen-bond acceptors (Lipinski definition) is 6. The van der Waals surface area contributed by atoms with Crippen LogP contribution in [0, 0.1) is 0 Å². The number of methoxy groups -OCH3 is 1. The van der Waals surface area contributed by atoms with Gasteiger partial charge in [-0.1, -0.05) is 0 Å². The zero-order valence-corrected chi connectivity index (χ0v) is 15.5. The van der Waals surface area contributed by atoms with Crippen LogP contribution in [-0.2, 0) is 27.6 Å². The second kappa shape index (κ2) is 6.22. The van der Waals surface area contributed by atoms with Crippen LogP contribution in [0.5, 0.6) is 0 Å². The van der Waals surface area contributed by atoms with Gasteiger partial charge in [0.25, 0.3) is 0 Å². The molecular weight excluding hydrogens is 362 g/mol. The molecule has 0 spiro atoms. The fraction of sp³-hybridized carbons (Fsp3) is 0.500. The minimum atomic E-state index is -3.73. The van der Waals surface area contributed by atoms with E-state index in [-0.39, 0.29) is 9.77 Å². The van der Waals surface area contributed by atoms with Gasteiger partial charge in [0, 0.05) is 31.1 Å². The van der Waals surface area contributed by atoms with Crippen molar-refractivity contribution >= 4 is 27.3 Å². The lowest BCUT2D eigenvalue weighted by Crippen LogP contribution is -2.34. The first-order valence-electron chi connectivity index (χ1n) is 8.24. The fourth-order valence-corrected chi connectivity index (χ4v) is 6.05. The first-order chi connectivity index (χ1) is 12.0. The number of hydrogen-bond donors (Lipinski definition) is 1. The van der Waals surface area contributed by atoms with Gasteiger partial charge in [0.05, 0.1) is 12.8 Å². The Morgan fingerprint density at radius 3 is 2.84 bits per heavy atom. The monoisotopic (exact) mass is 381 g/mol. The zero-order valence-electron chi connectivity index (χ0n) is 13.8. The summed E-state index contributed by atoms with van der Waals surface area (Å²) in [6.07, 6.45) is 3.58. The highest BCUT2D eigenvalue weighted by Crippen LogP contribution is 2.42. The highest BCUT2D eigenvalue weighted by molar-refractivity contribution is 7.89. The quantitative estimate of drug-likeness (QED) is 0.817. The van der Waals surface area contributed by atoms with E-state index >= 15 is 0 Å². The summed E-state index contributed by atoms with van der Waals surface area (Å²) >= 11 is 1.09. The molecule has 3 heterocycles. The molecular formula is C16H19N3O4S2. The number of carbonyl (C=O) groups excluding carboxylic acids is 1. The Hall–Kier alpha value is -1.71. The second-order valence-electron chi connectivity index (χ2n) is 6.35. The summed E-state index contributed by atoms with van der Waals surface area (Å²) in [4.78, 5) is 12.0. The number of nitrogens with one attached hydrogen (secondary N) is 1. The molecule has 25 heavy (non-hydrogen) atoms.